The zero-order valence-corrected chi connectivity index (χ0v) is 22.1. The van der Waals surface area contributed by atoms with Crippen molar-refractivity contribution in [2.75, 3.05) is 5.73 Å². The van der Waals surface area contributed by atoms with E-state index in [-0.39, 0.29) is 29.5 Å². The van der Waals surface area contributed by atoms with Crippen LogP contribution in [0, 0.1) is 76.6 Å². The Kier molecular flexibility index (Phi) is 51.6. The van der Waals surface area contributed by atoms with Crippen LogP contribution in [0.25, 0.3) is 0 Å². The van der Waals surface area contributed by atoms with Gasteiger partial charge in [0.1, 0.15) is 0 Å². The molecule has 41 heavy (non-hydrogen) atoms. The van der Waals surface area contributed by atoms with Gasteiger partial charge in [-0.05, 0) is 43.1 Å². The predicted octanol–water partition coefficient (Wildman–Crippen LogP) is 1.45. The number of rotatable bonds is 1. The van der Waals surface area contributed by atoms with Gasteiger partial charge in [0.05, 0.1) is 31.1 Å². The molecule has 25 nitrogen and oxygen atoms in total. The normalized spacial score (nSPS) is 6.83. The number of aliphatic imine (C=N–C) groups is 1. The number of hydrogen-bond acceptors (Lipinski definition) is 18. The summed E-state index contributed by atoms with van der Waals surface area (Å²) in [5.74, 6) is 0.498. The van der Waals surface area contributed by atoms with Crippen LogP contribution in [0.1, 0.15) is 0 Å². The number of anilines is 1. The third-order valence-electron chi connectivity index (χ3n) is 1.96. The topological polar surface area (TPSA) is 414 Å². The van der Waals surface area contributed by atoms with Crippen molar-refractivity contribution in [2.45, 2.75) is 0 Å². The average Bonchev–Trinajstić information content (AvgIpc) is 3.51. The van der Waals surface area contributed by atoms with Crippen LogP contribution in [-0.4, -0.2) is 55.5 Å². The predicted molar refractivity (Wildman–Crippen MR) is 137 cm³/mol. The van der Waals surface area contributed by atoms with Crippen molar-refractivity contribution in [3.05, 3.63) is 144 Å². The van der Waals surface area contributed by atoms with Gasteiger partial charge in [0.2, 0.25) is 0 Å². The number of nitrogen functional groups attached to an aromatic ring is 1. The van der Waals surface area contributed by atoms with Gasteiger partial charge in [0.25, 0.3) is 0 Å². The standard InChI is InChI=1S/C6H7N3.2C4H5N.B.5NO3.Pt/c1-8-6-5(7)3-2-4-9-6;2*1-2-4-5-3-1;;5*2-1(3)4;/h2-4H,1,7H2;2*1-5H;;;;;;;/q;;;+3;5*-1;+2. The number of aromatic amines is 2. The van der Waals surface area contributed by atoms with E-state index < -0.39 is 25.4 Å². The fraction of sp³-hybridized carbons (Fsp3) is 0. The van der Waals surface area contributed by atoms with Gasteiger partial charge in [0.15, 0.2) is 5.82 Å². The van der Waals surface area contributed by atoms with E-state index >= 15 is 0 Å². The number of hydrogen-bond donors (Lipinski definition) is 3. The van der Waals surface area contributed by atoms with Gasteiger partial charge in [-0.2, -0.15) is 0 Å². The molecular weight excluding hydrogens is 754 g/mol. The van der Waals surface area contributed by atoms with Crippen molar-refractivity contribution >= 4 is 26.6 Å². The summed E-state index contributed by atoms with van der Waals surface area (Å²) < 4.78 is 0. The second-order valence-corrected chi connectivity index (χ2v) is 4.46. The zero-order valence-electron chi connectivity index (χ0n) is 19.8. The van der Waals surface area contributed by atoms with E-state index in [0.29, 0.717) is 11.5 Å². The summed E-state index contributed by atoms with van der Waals surface area (Å²) in [5.41, 5.74) is 6.00. The van der Waals surface area contributed by atoms with Crippen molar-refractivity contribution in [3.8, 4) is 0 Å². The minimum Gasteiger partial charge on any atom is -0.396 e. The van der Waals surface area contributed by atoms with Crippen LogP contribution in [0.5, 0.6) is 0 Å². The molecule has 0 fully saturated rings. The number of nitrogens with two attached hydrogens (primary N) is 1. The van der Waals surface area contributed by atoms with Crippen molar-refractivity contribution in [1.82, 2.24) is 15.0 Å². The van der Waals surface area contributed by atoms with Crippen molar-refractivity contribution in [2.24, 2.45) is 4.99 Å². The molecule has 0 aliphatic rings. The van der Waals surface area contributed by atoms with Gasteiger partial charge in [-0.1, -0.05) is 0 Å². The summed E-state index contributed by atoms with van der Waals surface area (Å²) in [5, 5.41) is 73.8. The molecule has 0 aliphatic heterocycles. The smallest absolute Gasteiger partial charge is 0.396 e. The Bertz CT molecular complexity index is 866. The van der Waals surface area contributed by atoms with Crippen LogP contribution in [0.4, 0.5) is 11.5 Å². The molecular formula is C14H17BN10O15Pt. The van der Waals surface area contributed by atoms with Crippen LogP contribution in [0.15, 0.2) is 72.4 Å². The minimum atomic E-state index is -1.75. The maximum atomic E-state index is 8.25. The van der Waals surface area contributed by atoms with Gasteiger partial charge in [-0.15, -0.1) is 0 Å². The molecule has 3 rings (SSSR count). The van der Waals surface area contributed by atoms with E-state index in [4.69, 9.17) is 82.3 Å². The van der Waals surface area contributed by atoms with Crippen LogP contribution in [0.2, 0.25) is 0 Å². The second-order valence-electron chi connectivity index (χ2n) is 4.46. The number of H-pyrrole nitrogens is 2. The molecule has 3 aromatic heterocycles. The summed E-state index contributed by atoms with van der Waals surface area (Å²) in [7, 11) is 0. The number of pyridine rings is 1. The number of nitrogens with zero attached hydrogens (tertiary/aromatic N) is 7. The average molecular weight is 771 g/mol. The first-order valence-electron chi connectivity index (χ1n) is 8.41. The molecule has 0 saturated carbocycles. The molecule has 226 valence electrons. The first kappa shape index (κ1) is 51.6. The summed E-state index contributed by atoms with van der Waals surface area (Å²) >= 11 is 0. The molecule has 4 N–H and O–H groups in total. The summed E-state index contributed by atoms with van der Waals surface area (Å²) in [6.45, 7) is 3.30. The molecule has 3 heterocycles. The number of aromatic nitrogens is 3. The van der Waals surface area contributed by atoms with Crippen LogP contribution in [0.3, 0.4) is 0 Å². The maximum absolute atomic E-state index is 8.25. The molecule has 0 amide bonds. The van der Waals surface area contributed by atoms with Crippen LogP contribution in [-0.2, 0) is 21.1 Å². The quantitative estimate of drug-likeness (QED) is 0.136. The zero-order chi connectivity index (χ0) is 31.6. The number of nitrogens with one attached hydrogen (secondary N) is 2. The molecule has 0 saturated heterocycles. The summed E-state index contributed by atoms with van der Waals surface area (Å²) in [4.78, 5) is 54.4. The largest absolute Gasteiger partial charge is 3.00 e. The molecule has 3 aromatic rings. The Labute approximate surface area is 243 Å². The molecule has 0 unspecified atom stereocenters. The second kappa shape index (κ2) is 41.1. The first-order chi connectivity index (χ1) is 18.0. The monoisotopic (exact) mass is 771 g/mol. The maximum Gasteiger partial charge on any atom is 3.00 e. The van der Waals surface area contributed by atoms with Crippen molar-refractivity contribution in [3.63, 3.8) is 0 Å². The summed E-state index contributed by atoms with van der Waals surface area (Å²) in [6, 6.07) is 11.3. The molecule has 0 aliphatic carbocycles. The summed E-state index contributed by atoms with van der Waals surface area (Å²) in [6.07, 6.45) is 9.13. The molecule has 0 bridgehead atoms. The Hall–Kier alpha value is -6.07. The first-order valence-corrected chi connectivity index (χ1v) is 8.41. The van der Waals surface area contributed by atoms with E-state index in [1.54, 1.807) is 18.3 Å². The fourth-order valence-corrected chi connectivity index (χ4v) is 1.10. The Balaban J connectivity index is -0.0000000656. The Morgan fingerprint density at radius 3 is 1.00 bits per heavy atom. The van der Waals surface area contributed by atoms with Crippen molar-refractivity contribution < 1.29 is 46.5 Å². The van der Waals surface area contributed by atoms with Gasteiger partial charge < -0.3 is 92.3 Å². The van der Waals surface area contributed by atoms with Crippen LogP contribution >= 0.6 is 0 Å². The third kappa shape index (κ3) is 121. The van der Waals surface area contributed by atoms with Gasteiger partial charge in [0, 0.05) is 31.0 Å². The van der Waals surface area contributed by atoms with E-state index in [1.807, 2.05) is 49.1 Å². The fourth-order valence-electron chi connectivity index (χ4n) is 1.10. The van der Waals surface area contributed by atoms with Gasteiger partial charge in [-0.3, -0.25) is 0 Å². The van der Waals surface area contributed by atoms with Crippen LogP contribution < -0.4 is 5.73 Å². The third-order valence-corrected chi connectivity index (χ3v) is 1.96. The van der Waals surface area contributed by atoms with Gasteiger partial charge in [-0.25, -0.2) is 9.98 Å². The van der Waals surface area contributed by atoms with E-state index in [9.17, 15) is 0 Å². The van der Waals surface area contributed by atoms with E-state index in [2.05, 4.69) is 26.7 Å². The Morgan fingerprint density at radius 1 is 0.634 bits per heavy atom. The molecule has 0 radical (unpaired) electrons. The minimum absolute atomic E-state index is 0. The molecule has 0 aromatic carbocycles. The molecule has 27 heteroatoms. The van der Waals surface area contributed by atoms with Crippen molar-refractivity contribution in [1.29, 1.82) is 0 Å². The molecule has 0 spiro atoms. The Morgan fingerprint density at radius 2 is 0.878 bits per heavy atom. The van der Waals surface area contributed by atoms with E-state index in [1.165, 1.54) is 0 Å². The van der Waals surface area contributed by atoms with E-state index in [0.717, 1.165) is 0 Å². The SMILES string of the molecule is C=Nc1ncccc1N.O=[N+]([O-])[O-].O=[N+]([O-])[O-].O=[N+]([O-])[O-].O=[N+]([O-])[O-].O=[N+]([O-])[O-].[B+3].[Pt+2].c1cc[nH]c1.c1cc[nH]c1. The van der Waals surface area contributed by atoms with Gasteiger partial charge >= 0.3 is 29.5 Å². The molecule has 0 atom stereocenters.